The molecule has 0 atom stereocenters. The summed E-state index contributed by atoms with van der Waals surface area (Å²) in [7, 11) is 3.04. The molecule has 2 aromatic rings. The Bertz CT molecular complexity index is 631. The van der Waals surface area contributed by atoms with E-state index in [1.807, 2.05) is 0 Å². The average molecular weight is 323 g/mol. The van der Waals surface area contributed by atoms with Crippen LogP contribution >= 0.6 is 34.8 Å². The van der Waals surface area contributed by atoms with Gasteiger partial charge in [-0.1, -0.05) is 34.8 Å². The van der Waals surface area contributed by atoms with Crippen LogP contribution in [0.15, 0.2) is 18.3 Å². The summed E-state index contributed by atoms with van der Waals surface area (Å²) in [4.78, 5) is 14.9. The van der Waals surface area contributed by atoms with Crippen LogP contribution in [0, 0.1) is 0 Å². The first-order valence-electron chi connectivity index (χ1n) is 5.23. The number of benzene rings is 1. The number of carbonyl (C=O) groups is 1. The van der Waals surface area contributed by atoms with Gasteiger partial charge in [0, 0.05) is 17.1 Å². The molecular formula is C12H10Cl3NO3. The predicted molar refractivity (Wildman–Crippen MR) is 76.0 cm³/mol. The summed E-state index contributed by atoms with van der Waals surface area (Å²) in [6.45, 7) is 0. The molecule has 0 bridgehead atoms. The van der Waals surface area contributed by atoms with Gasteiger partial charge in [-0.3, -0.25) is 4.79 Å². The first kappa shape index (κ1) is 14.3. The highest BCUT2D eigenvalue weighted by Crippen LogP contribution is 2.38. The number of fused-ring (bicyclic) bond motifs is 1. The Hall–Kier alpha value is -1.10. The predicted octanol–water partition coefficient (Wildman–Crippen LogP) is 3.74. The van der Waals surface area contributed by atoms with Crippen molar-refractivity contribution >= 4 is 51.5 Å². The molecule has 4 nitrogen and oxygen atoms in total. The number of ketones is 1. The number of rotatable bonds is 3. The number of carbonyl (C=O) groups excluding carboxylic acids is 1. The number of aromatic nitrogens is 1. The molecule has 0 aliphatic carbocycles. The molecule has 0 saturated heterocycles. The Morgan fingerprint density at radius 1 is 1.21 bits per heavy atom. The van der Waals surface area contributed by atoms with Crippen molar-refractivity contribution in [2.24, 2.45) is 0 Å². The molecule has 1 aromatic heterocycles. The quantitative estimate of drug-likeness (QED) is 0.692. The maximum atomic E-state index is 12.0. The minimum Gasteiger partial charge on any atom is -0.493 e. The minimum absolute atomic E-state index is 0.288. The molecule has 0 radical (unpaired) electrons. The van der Waals surface area contributed by atoms with Crippen LogP contribution in [0.1, 0.15) is 10.4 Å². The van der Waals surface area contributed by atoms with Gasteiger partial charge < -0.3 is 14.5 Å². The Balaban J connectivity index is 2.66. The van der Waals surface area contributed by atoms with Gasteiger partial charge in [-0.15, -0.1) is 0 Å². The molecule has 1 heterocycles. The van der Waals surface area contributed by atoms with Gasteiger partial charge in [0.15, 0.2) is 11.5 Å². The summed E-state index contributed by atoms with van der Waals surface area (Å²) >= 11 is 16.9. The lowest BCUT2D eigenvalue weighted by molar-refractivity contribution is 0.0998. The third kappa shape index (κ3) is 2.48. The van der Waals surface area contributed by atoms with Crippen molar-refractivity contribution in [1.82, 2.24) is 4.98 Å². The molecule has 0 fully saturated rings. The molecule has 19 heavy (non-hydrogen) atoms. The van der Waals surface area contributed by atoms with E-state index in [2.05, 4.69) is 4.98 Å². The number of Topliss-reactive ketones (excluding diaryl/α,β-unsaturated/α-hetero) is 1. The van der Waals surface area contributed by atoms with Gasteiger partial charge in [0.05, 0.1) is 19.7 Å². The fraction of sp³-hybridized carbons (Fsp3) is 0.250. The van der Waals surface area contributed by atoms with E-state index in [-0.39, 0.29) is 5.56 Å². The van der Waals surface area contributed by atoms with Crippen molar-refractivity contribution in [3.05, 3.63) is 23.9 Å². The van der Waals surface area contributed by atoms with Crippen LogP contribution in [-0.2, 0) is 0 Å². The Kier molecular flexibility index (Phi) is 3.85. The van der Waals surface area contributed by atoms with E-state index in [1.165, 1.54) is 20.4 Å². The smallest absolute Gasteiger partial charge is 0.253 e. The first-order valence-corrected chi connectivity index (χ1v) is 6.37. The van der Waals surface area contributed by atoms with Crippen molar-refractivity contribution in [3.8, 4) is 11.5 Å². The Morgan fingerprint density at radius 3 is 2.42 bits per heavy atom. The van der Waals surface area contributed by atoms with Gasteiger partial charge in [0.25, 0.3) is 3.79 Å². The van der Waals surface area contributed by atoms with E-state index in [4.69, 9.17) is 44.3 Å². The third-order valence-electron chi connectivity index (χ3n) is 2.70. The highest BCUT2D eigenvalue weighted by atomic mass is 35.6. The number of H-pyrrole nitrogens is 1. The Morgan fingerprint density at radius 2 is 1.89 bits per heavy atom. The van der Waals surface area contributed by atoms with Crippen LogP contribution in [0.5, 0.6) is 11.5 Å². The van der Waals surface area contributed by atoms with Crippen LogP contribution in [-0.4, -0.2) is 28.8 Å². The molecule has 0 saturated carbocycles. The average Bonchev–Trinajstić information content (AvgIpc) is 2.78. The Labute approximate surface area is 124 Å². The number of hydrogen-bond donors (Lipinski definition) is 1. The van der Waals surface area contributed by atoms with Crippen molar-refractivity contribution in [2.45, 2.75) is 3.79 Å². The molecule has 102 valence electrons. The second-order valence-corrected chi connectivity index (χ2v) is 6.03. The van der Waals surface area contributed by atoms with Crippen LogP contribution in [0.3, 0.4) is 0 Å². The molecule has 1 aromatic carbocycles. The van der Waals surface area contributed by atoms with Gasteiger partial charge >= 0.3 is 0 Å². The van der Waals surface area contributed by atoms with Gasteiger partial charge in [0.2, 0.25) is 5.78 Å². The summed E-state index contributed by atoms with van der Waals surface area (Å²) in [5.41, 5.74) is 0.899. The summed E-state index contributed by atoms with van der Waals surface area (Å²) in [6, 6.07) is 3.39. The van der Waals surface area contributed by atoms with Crippen LogP contribution in [0.4, 0.5) is 0 Å². The van der Waals surface area contributed by atoms with Gasteiger partial charge in [-0.2, -0.15) is 0 Å². The van der Waals surface area contributed by atoms with E-state index in [0.717, 1.165) is 0 Å². The lowest BCUT2D eigenvalue weighted by Crippen LogP contribution is -2.18. The number of ether oxygens (including phenoxy) is 2. The lowest BCUT2D eigenvalue weighted by Gasteiger charge is -2.10. The van der Waals surface area contributed by atoms with Crippen LogP contribution in [0.25, 0.3) is 10.9 Å². The zero-order valence-electron chi connectivity index (χ0n) is 10.1. The van der Waals surface area contributed by atoms with Crippen molar-refractivity contribution < 1.29 is 14.3 Å². The summed E-state index contributed by atoms with van der Waals surface area (Å²) in [5.74, 6) is 0.434. The number of halogens is 3. The molecule has 0 aliphatic rings. The first-order chi connectivity index (χ1) is 8.90. The van der Waals surface area contributed by atoms with Crippen molar-refractivity contribution in [3.63, 3.8) is 0 Å². The number of methoxy groups -OCH3 is 2. The van der Waals surface area contributed by atoms with E-state index >= 15 is 0 Å². The highest BCUT2D eigenvalue weighted by molar-refractivity contribution is 6.77. The molecular weight excluding hydrogens is 312 g/mol. The van der Waals surface area contributed by atoms with E-state index in [0.29, 0.717) is 22.4 Å². The monoisotopic (exact) mass is 321 g/mol. The van der Waals surface area contributed by atoms with Crippen molar-refractivity contribution in [2.75, 3.05) is 14.2 Å². The summed E-state index contributed by atoms with van der Waals surface area (Å²) in [6.07, 6.45) is 1.48. The topological polar surface area (TPSA) is 51.3 Å². The van der Waals surface area contributed by atoms with E-state index < -0.39 is 9.58 Å². The summed E-state index contributed by atoms with van der Waals surface area (Å²) in [5, 5.41) is 0.606. The second kappa shape index (κ2) is 5.12. The summed E-state index contributed by atoms with van der Waals surface area (Å²) < 4.78 is 8.44. The lowest BCUT2D eigenvalue weighted by atomic mass is 10.1. The van der Waals surface area contributed by atoms with E-state index in [9.17, 15) is 4.79 Å². The van der Waals surface area contributed by atoms with Gasteiger partial charge in [-0.25, -0.2) is 0 Å². The second-order valence-electron chi connectivity index (χ2n) is 3.75. The number of nitrogens with one attached hydrogen (secondary N) is 1. The molecule has 7 heteroatoms. The standard InChI is InChI=1S/C12H10Cl3NO3/c1-18-8-4-3-6-7(11(17)12(13,14)15)5-16-9(6)10(8)19-2/h3-5,16H,1-2H3. The minimum atomic E-state index is -2.00. The molecule has 0 unspecified atom stereocenters. The molecule has 0 spiro atoms. The molecule has 2 rings (SSSR count). The zero-order chi connectivity index (χ0) is 14.2. The maximum absolute atomic E-state index is 12.0. The molecule has 0 amide bonds. The van der Waals surface area contributed by atoms with Gasteiger partial charge in [0.1, 0.15) is 0 Å². The largest absolute Gasteiger partial charge is 0.493 e. The fourth-order valence-electron chi connectivity index (χ4n) is 1.86. The van der Waals surface area contributed by atoms with Crippen LogP contribution in [0.2, 0.25) is 0 Å². The van der Waals surface area contributed by atoms with Gasteiger partial charge in [-0.05, 0) is 12.1 Å². The zero-order valence-corrected chi connectivity index (χ0v) is 12.4. The molecule has 1 N–H and O–H groups in total. The van der Waals surface area contributed by atoms with E-state index in [1.54, 1.807) is 12.1 Å². The maximum Gasteiger partial charge on any atom is 0.253 e. The third-order valence-corrected chi connectivity index (χ3v) is 3.21. The number of aromatic amines is 1. The number of alkyl halides is 3. The molecule has 0 aliphatic heterocycles. The van der Waals surface area contributed by atoms with Crippen LogP contribution < -0.4 is 9.47 Å². The fourth-order valence-corrected chi connectivity index (χ4v) is 2.16. The highest BCUT2D eigenvalue weighted by Gasteiger charge is 2.33. The number of hydrogen-bond acceptors (Lipinski definition) is 3. The normalized spacial score (nSPS) is 11.6. The SMILES string of the molecule is COc1ccc2c(C(=O)C(Cl)(Cl)Cl)c[nH]c2c1OC. The van der Waals surface area contributed by atoms with Crippen molar-refractivity contribution in [1.29, 1.82) is 0 Å².